The summed E-state index contributed by atoms with van der Waals surface area (Å²) in [7, 11) is 1.45. The van der Waals surface area contributed by atoms with E-state index >= 15 is 0 Å². The maximum Gasteiger partial charge on any atom is 0.305 e. The van der Waals surface area contributed by atoms with Gasteiger partial charge >= 0.3 is 5.97 Å². The van der Waals surface area contributed by atoms with Gasteiger partial charge in [-0.3, -0.25) is 9.59 Å². The van der Waals surface area contributed by atoms with E-state index in [9.17, 15) is 9.59 Å². The first kappa shape index (κ1) is 23.7. The van der Waals surface area contributed by atoms with E-state index in [0.29, 0.717) is 12.8 Å². The fourth-order valence-electron chi connectivity index (χ4n) is 2.65. The molecule has 0 bridgehead atoms. The average Bonchev–Trinajstić information content (AvgIpc) is 2.62. The summed E-state index contributed by atoms with van der Waals surface area (Å²) in [6, 6.07) is 0. The lowest BCUT2D eigenvalue weighted by Gasteiger charge is -2.02. The van der Waals surface area contributed by atoms with Crippen molar-refractivity contribution < 1.29 is 14.3 Å². The van der Waals surface area contributed by atoms with Crippen molar-refractivity contribution in [2.24, 2.45) is 0 Å². The van der Waals surface area contributed by atoms with Crippen molar-refractivity contribution >= 4 is 11.9 Å². The maximum atomic E-state index is 11.4. The Balaban J connectivity index is 3.20. The van der Waals surface area contributed by atoms with E-state index in [-0.39, 0.29) is 11.9 Å². The molecule has 4 heteroatoms. The van der Waals surface area contributed by atoms with Crippen LogP contribution in [0, 0.1) is 0 Å². The Kier molecular flexibility index (Phi) is 18.0. The van der Waals surface area contributed by atoms with E-state index in [2.05, 4.69) is 29.1 Å². The smallest absolute Gasteiger partial charge is 0.305 e. The summed E-state index contributed by atoms with van der Waals surface area (Å²) in [6.45, 7) is 2.87. The SMILES string of the molecule is CCCNC(=O)CCCC/C=C\CCCCCCCCCC(=O)OC. The Bertz CT molecular complexity index is 353. The third-order valence-electron chi connectivity index (χ3n) is 4.24. The van der Waals surface area contributed by atoms with E-state index in [4.69, 9.17) is 0 Å². The number of allylic oxidation sites excluding steroid dienone is 2. The van der Waals surface area contributed by atoms with Gasteiger partial charge in [-0.05, 0) is 44.9 Å². The average molecular weight is 354 g/mol. The molecule has 0 saturated carbocycles. The standard InChI is InChI=1S/C21H39NO3/c1-3-19-22-20(23)17-15-13-11-9-7-5-4-6-8-10-12-14-16-18-21(24)25-2/h7,9H,3-6,8,10-19H2,1-2H3,(H,22,23)/b9-7-. The van der Waals surface area contributed by atoms with Crippen LogP contribution in [-0.4, -0.2) is 25.5 Å². The van der Waals surface area contributed by atoms with Gasteiger partial charge in [-0.1, -0.05) is 51.2 Å². The highest BCUT2D eigenvalue weighted by molar-refractivity contribution is 5.75. The van der Waals surface area contributed by atoms with Crippen LogP contribution in [0.5, 0.6) is 0 Å². The second-order valence-electron chi connectivity index (χ2n) is 6.66. The van der Waals surface area contributed by atoms with Gasteiger partial charge in [0.15, 0.2) is 0 Å². The minimum Gasteiger partial charge on any atom is -0.469 e. The highest BCUT2D eigenvalue weighted by Crippen LogP contribution is 2.10. The topological polar surface area (TPSA) is 55.4 Å². The molecule has 146 valence electrons. The quantitative estimate of drug-likeness (QED) is 0.219. The van der Waals surface area contributed by atoms with E-state index in [0.717, 1.165) is 45.1 Å². The van der Waals surface area contributed by atoms with Crippen LogP contribution >= 0.6 is 0 Å². The monoisotopic (exact) mass is 353 g/mol. The van der Waals surface area contributed by atoms with Crippen LogP contribution in [0.15, 0.2) is 12.2 Å². The van der Waals surface area contributed by atoms with Crippen LogP contribution < -0.4 is 5.32 Å². The Labute approximate surface area is 154 Å². The number of amides is 1. The number of hydrogen-bond acceptors (Lipinski definition) is 3. The number of ether oxygens (including phenoxy) is 1. The molecule has 4 nitrogen and oxygen atoms in total. The molecule has 0 fully saturated rings. The second-order valence-corrected chi connectivity index (χ2v) is 6.66. The van der Waals surface area contributed by atoms with Gasteiger partial charge in [0.05, 0.1) is 7.11 Å². The molecule has 0 saturated heterocycles. The van der Waals surface area contributed by atoms with Crippen molar-refractivity contribution in [2.75, 3.05) is 13.7 Å². The molecule has 1 amide bonds. The first-order chi connectivity index (χ1) is 12.2. The molecule has 0 atom stereocenters. The number of esters is 1. The maximum absolute atomic E-state index is 11.4. The minimum atomic E-state index is -0.0912. The molecule has 0 aliphatic rings. The van der Waals surface area contributed by atoms with E-state index in [1.165, 1.54) is 45.6 Å². The summed E-state index contributed by atoms with van der Waals surface area (Å²) in [5, 5.41) is 2.91. The molecule has 25 heavy (non-hydrogen) atoms. The summed E-state index contributed by atoms with van der Waals surface area (Å²) in [5.41, 5.74) is 0. The summed E-state index contributed by atoms with van der Waals surface area (Å²) in [6.07, 6.45) is 19.5. The van der Waals surface area contributed by atoms with Crippen LogP contribution in [0.25, 0.3) is 0 Å². The zero-order chi connectivity index (χ0) is 18.6. The molecule has 1 N–H and O–H groups in total. The van der Waals surface area contributed by atoms with Crippen molar-refractivity contribution in [3.05, 3.63) is 12.2 Å². The fourth-order valence-corrected chi connectivity index (χ4v) is 2.65. The van der Waals surface area contributed by atoms with Crippen molar-refractivity contribution in [1.82, 2.24) is 5.32 Å². The van der Waals surface area contributed by atoms with Gasteiger partial charge in [0.2, 0.25) is 5.91 Å². The number of rotatable bonds is 17. The molecule has 0 aromatic rings. The molecular weight excluding hydrogens is 314 g/mol. The lowest BCUT2D eigenvalue weighted by molar-refractivity contribution is -0.140. The molecular formula is C21H39NO3. The van der Waals surface area contributed by atoms with Crippen molar-refractivity contribution in [3.8, 4) is 0 Å². The number of carbonyl (C=O) groups is 2. The number of nitrogens with one attached hydrogen (secondary N) is 1. The van der Waals surface area contributed by atoms with E-state index in [1.54, 1.807) is 0 Å². The molecule has 0 aromatic carbocycles. The zero-order valence-corrected chi connectivity index (χ0v) is 16.5. The summed E-state index contributed by atoms with van der Waals surface area (Å²) in [5.74, 6) is 0.0997. The lowest BCUT2D eigenvalue weighted by atomic mass is 10.1. The van der Waals surface area contributed by atoms with E-state index < -0.39 is 0 Å². The summed E-state index contributed by atoms with van der Waals surface area (Å²) >= 11 is 0. The number of carbonyl (C=O) groups excluding carboxylic acids is 2. The largest absolute Gasteiger partial charge is 0.469 e. The first-order valence-electron chi connectivity index (χ1n) is 10.2. The Morgan fingerprint density at radius 1 is 0.800 bits per heavy atom. The van der Waals surface area contributed by atoms with Crippen LogP contribution in [0.2, 0.25) is 0 Å². The van der Waals surface area contributed by atoms with E-state index in [1.807, 2.05) is 0 Å². The molecule has 0 radical (unpaired) electrons. The summed E-state index contributed by atoms with van der Waals surface area (Å²) < 4.78 is 4.62. The second kappa shape index (κ2) is 19.0. The van der Waals surface area contributed by atoms with Gasteiger partial charge in [0.1, 0.15) is 0 Å². The third-order valence-corrected chi connectivity index (χ3v) is 4.24. The Morgan fingerprint density at radius 2 is 1.32 bits per heavy atom. The molecule has 0 aliphatic heterocycles. The normalized spacial score (nSPS) is 11.0. The molecule has 0 aliphatic carbocycles. The summed E-state index contributed by atoms with van der Waals surface area (Å²) in [4.78, 5) is 22.4. The molecule has 0 spiro atoms. The van der Waals surface area contributed by atoms with Crippen molar-refractivity contribution in [3.63, 3.8) is 0 Å². The Hall–Kier alpha value is -1.32. The van der Waals surface area contributed by atoms with Crippen LogP contribution in [-0.2, 0) is 14.3 Å². The fraction of sp³-hybridized carbons (Fsp3) is 0.810. The molecule has 0 heterocycles. The number of unbranched alkanes of at least 4 members (excludes halogenated alkanes) is 9. The van der Waals surface area contributed by atoms with Crippen LogP contribution in [0.1, 0.15) is 96.8 Å². The van der Waals surface area contributed by atoms with Gasteiger partial charge in [0.25, 0.3) is 0 Å². The van der Waals surface area contributed by atoms with Crippen LogP contribution in [0.4, 0.5) is 0 Å². The zero-order valence-electron chi connectivity index (χ0n) is 16.5. The third kappa shape index (κ3) is 18.9. The minimum absolute atomic E-state index is 0.0912. The molecule has 0 unspecified atom stereocenters. The highest BCUT2D eigenvalue weighted by Gasteiger charge is 1.99. The molecule has 0 aromatic heterocycles. The Morgan fingerprint density at radius 3 is 1.92 bits per heavy atom. The van der Waals surface area contributed by atoms with Gasteiger partial charge < -0.3 is 10.1 Å². The van der Waals surface area contributed by atoms with Crippen molar-refractivity contribution in [2.45, 2.75) is 96.8 Å². The van der Waals surface area contributed by atoms with Gasteiger partial charge in [0, 0.05) is 19.4 Å². The van der Waals surface area contributed by atoms with Gasteiger partial charge in [-0.25, -0.2) is 0 Å². The predicted molar refractivity (Wildman–Crippen MR) is 104 cm³/mol. The van der Waals surface area contributed by atoms with Gasteiger partial charge in [-0.2, -0.15) is 0 Å². The lowest BCUT2D eigenvalue weighted by Crippen LogP contribution is -2.23. The van der Waals surface area contributed by atoms with Crippen molar-refractivity contribution in [1.29, 1.82) is 0 Å². The number of hydrogen-bond donors (Lipinski definition) is 1. The molecule has 0 rings (SSSR count). The number of methoxy groups -OCH3 is 1. The predicted octanol–water partition coefficient (Wildman–Crippen LogP) is 5.31. The van der Waals surface area contributed by atoms with Gasteiger partial charge in [-0.15, -0.1) is 0 Å². The van der Waals surface area contributed by atoms with Crippen LogP contribution in [0.3, 0.4) is 0 Å². The first-order valence-corrected chi connectivity index (χ1v) is 10.2. The highest BCUT2D eigenvalue weighted by atomic mass is 16.5.